The van der Waals surface area contributed by atoms with Crippen molar-refractivity contribution in [2.45, 2.75) is 51.6 Å². The molecule has 1 N–H and O–H groups in total. The maximum Gasteiger partial charge on any atom is 0.251 e. The number of carbonyl (C=O) groups excluding carboxylic acids is 1. The Balaban J connectivity index is 2.34. The molecular weight excluding hydrogens is 388 g/mol. The lowest BCUT2D eigenvalue weighted by Crippen LogP contribution is -2.40. The highest BCUT2D eigenvalue weighted by atomic mass is 32.2. The number of nitrogens with one attached hydrogen (secondary N) is 1. The van der Waals surface area contributed by atoms with E-state index < -0.39 is 10.0 Å². The maximum atomic E-state index is 12.9. The Bertz CT molecular complexity index is 961. The van der Waals surface area contributed by atoms with Gasteiger partial charge in [0.15, 0.2) is 0 Å². The van der Waals surface area contributed by atoms with Gasteiger partial charge in [-0.2, -0.15) is 4.31 Å². The van der Waals surface area contributed by atoms with Crippen molar-refractivity contribution in [3.63, 3.8) is 0 Å². The Morgan fingerprint density at radius 1 is 1.10 bits per heavy atom. The summed E-state index contributed by atoms with van der Waals surface area (Å²) in [6.45, 7) is 10.0. The lowest BCUT2D eigenvalue weighted by atomic mass is 10.1. The summed E-state index contributed by atoms with van der Waals surface area (Å²) in [4.78, 5) is 12.8. The molecular formula is C22H30N2O4S. The minimum Gasteiger partial charge on any atom is -0.494 e. The average molecular weight is 419 g/mol. The van der Waals surface area contributed by atoms with E-state index in [1.54, 1.807) is 42.5 Å². The monoisotopic (exact) mass is 418 g/mol. The zero-order chi connectivity index (χ0) is 21.8. The molecule has 0 aliphatic rings. The van der Waals surface area contributed by atoms with Crippen molar-refractivity contribution in [3.8, 4) is 5.75 Å². The van der Waals surface area contributed by atoms with Gasteiger partial charge in [-0.1, -0.05) is 17.7 Å². The molecule has 0 heterocycles. The van der Waals surface area contributed by atoms with Gasteiger partial charge in [0.2, 0.25) is 10.0 Å². The topological polar surface area (TPSA) is 75.7 Å². The van der Waals surface area contributed by atoms with E-state index in [9.17, 15) is 13.2 Å². The first-order chi connectivity index (χ1) is 13.4. The zero-order valence-corrected chi connectivity index (χ0v) is 18.8. The summed E-state index contributed by atoms with van der Waals surface area (Å²) >= 11 is 0. The number of carbonyl (C=O) groups is 1. The van der Waals surface area contributed by atoms with Gasteiger partial charge in [-0.05, 0) is 65.0 Å². The normalized spacial score (nSPS) is 12.1. The predicted molar refractivity (Wildman–Crippen MR) is 115 cm³/mol. The molecule has 2 aromatic carbocycles. The Hall–Kier alpha value is -2.38. The third-order valence-electron chi connectivity index (χ3n) is 4.23. The smallest absolute Gasteiger partial charge is 0.251 e. The Morgan fingerprint density at radius 2 is 1.72 bits per heavy atom. The SMILES string of the molecule is CCOc1ccc(C(=O)NC(C)(C)C)cc1CN(C)S(=O)(=O)c1ccc(C)cc1. The number of benzene rings is 2. The third-order valence-corrected chi connectivity index (χ3v) is 6.05. The zero-order valence-electron chi connectivity index (χ0n) is 17.9. The number of nitrogens with zero attached hydrogens (tertiary/aromatic N) is 1. The van der Waals surface area contributed by atoms with Crippen LogP contribution in [0.2, 0.25) is 0 Å². The van der Waals surface area contributed by atoms with E-state index in [0.29, 0.717) is 23.5 Å². The molecule has 0 unspecified atom stereocenters. The molecule has 7 heteroatoms. The van der Waals surface area contributed by atoms with Gasteiger partial charge < -0.3 is 10.1 Å². The maximum absolute atomic E-state index is 12.9. The van der Waals surface area contributed by atoms with Crippen LogP contribution in [-0.2, 0) is 16.6 Å². The molecule has 1 amide bonds. The molecule has 2 rings (SSSR count). The molecule has 6 nitrogen and oxygen atoms in total. The highest BCUT2D eigenvalue weighted by Crippen LogP contribution is 2.25. The van der Waals surface area contributed by atoms with Gasteiger partial charge in [-0.15, -0.1) is 0 Å². The number of hydrogen-bond donors (Lipinski definition) is 1. The van der Waals surface area contributed by atoms with Gasteiger partial charge in [-0.25, -0.2) is 8.42 Å². The summed E-state index contributed by atoms with van der Waals surface area (Å²) in [5, 5.41) is 2.92. The second-order valence-corrected chi connectivity index (χ2v) is 10.1. The predicted octanol–water partition coefficient (Wildman–Crippen LogP) is 3.74. The van der Waals surface area contributed by atoms with Crippen molar-refractivity contribution < 1.29 is 17.9 Å². The first-order valence-electron chi connectivity index (χ1n) is 9.55. The summed E-state index contributed by atoms with van der Waals surface area (Å²) in [6.07, 6.45) is 0. The fourth-order valence-electron chi connectivity index (χ4n) is 2.77. The molecule has 0 spiro atoms. The van der Waals surface area contributed by atoms with E-state index in [2.05, 4.69) is 5.32 Å². The molecule has 2 aromatic rings. The number of ether oxygens (including phenoxy) is 1. The van der Waals surface area contributed by atoms with Crippen LogP contribution in [0.15, 0.2) is 47.4 Å². The number of rotatable bonds is 7. The van der Waals surface area contributed by atoms with E-state index in [-0.39, 0.29) is 22.9 Å². The third kappa shape index (κ3) is 6.05. The van der Waals surface area contributed by atoms with Crippen LogP contribution in [0.25, 0.3) is 0 Å². The number of hydrogen-bond acceptors (Lipinski definition) is 4. The van der Waals surface area contributed by atoms with Crippen molar-refractivity contribution in [2.24, 2.45) is 0 Å². The van der Waals surface area contributed by atoms with Gasteiger partial charge in [0.1, 0.15) is 5.75 Å². The van der Waals surface area contributed by atoms with Gasteiger partial charge in [0, 0.05) is 30.3 Å². The Labute approximate surface area is 173 Å². The van der Waals surface area contributed by atoms with Crippen molar-refractivity contribution in [2.75, 3.05) is 13.7 Å². The molecule has 0 fully saturated rings. The van der Waals surface area contributed by atoms with Crippen LogP contribution in [0.1, 0.15) is 49.2 Å². The summed E-state index contributed by atoms with van der Waals surface area (Å²) in [5.74, 6) is 0.344. The first-order valence-corrected chi connectivity index (χ1v) is 11.0. The van der Waals surface area contributed by atoms with E-state index in [4.69, 9.17) is 4.74 Å². The van der Waals surface area contributed by atoms with E-state index >= 15 is 0 Å². The van der Waals surface area contributed by atoms with E-state index in [1.807, 2.05) is 34.6 Å². The molecule has 0 aliphatic carbocycles. The van der Waals surface area contributed by atoms with Crippen LogP contribution in [0.5, 0.6) is 5.75 Å². The lowest BCUT2D eigenvalue weighted by Gasteiger charge is -2.22. The summed E-state index contributed by atoms with van der Waals surface area (Å²) in [6, 6.07) is 11.8. The second-order valence-electron chi connectivity index (χ2n) is 8.03. The molecule has 0 atom stereocenters. The van der Waals surface area contributed by atoms with Crippen molar-refractivity contribution in [3.05, 3.63) is 59.2 Å². The quantitative estimate of drug-likeness (QED) is 0.743. The first kappa shape index (κ1) is 22.9. The number of sulfonamides is 1. The second kappa shape index (κ2) is 8.97. The van der Waals surface area contributed by atoms with Gasteiger partial charge in [0.25, 0.3) is 5.91 Å². The minimum absolute atomic E-state index is 0.0855. The Kier molecular flexibility index (Phi) is 7.08. The van der Waals surface area contributed by atoms with E-state index in [1.165, 1.54) is 11.4 Å². The van der Waals surface area contributed by atoms with Gasteiger partial charge in [-0.3, -0.25) is 4.79 Å². The molecule has 158 valence electrons. The fraction of sp³-hybridized carbons (Fsp3) is 0.409. The molecule has 0 aromatic heterocycles. The molecule has 0 saturated heterocycles. The molecule has 0 aliphatic heterocycles. The van der Waals surface area contributed by atoms with Crippen LogP contribution in [-0.4, -0.2) is 37.8 Å². The minimum atomic E-state index is -3.67. The van der Waals surface area contributed by atoms with Crippen LogP contribution in [0.3, 0.4) is 0 Å². The van der Waals surface area contributed by atoms with Crippen LogP contribution < -0.4 is 10.1 Å². The highest BCUT2D eigenvalue weighted by Gasteiger charge is 2.23. The highest BCUT2D eigenvalue weighted by molar-refractivity contribution is 7.89. The van der Waals surface area contributed by atoms with Crippen LogP contribution in [0, 0.1) is 6.92 Å². The fourth-order valence-corrected chi connectivity index (χ4v) is 3.92. The number of amides is 1. The average Bonchev–Trinajstić information content (AvgIpc) is 2.62. The van der Waals surface area contributed by atoms with Gasteiger partial charge >= 0.3 is 0 Å². The molecule has 0 saturated carbocycles. The summed E-state index contributed by atoms with van der Waals surface area (Å²) < 4.78 is 32.8. The van der Waals surface area contributed by atoms with Crippen LogP contribution >= 0.6 is 0 Å². The Morgan fingerprint density at radius 3 is 2.28 bits per heavy atom. The lowest BCUT2D eigenvalue weighted by molar-refractivity contribution is 0.0919. The molecule has 29 heavy (non-hydrogen) atoms. The standard InChI is InChI=1S/C22H30N2O4S/c1-7-28-20-13-10-17(21(25)23-22(3,4)5)14-18(20)15-24(6)29(26,27)19-11-8-16(2)9-12-19/h8-14H,7,15H2,1-6H3,(H,23,25). The van der Waals surface area contributed by atoms with Crippen molar-refractivity contribution in [1.29, 1.82) is 0 Å². The van der Waals surface area contributed by atoms with Crippen molar-refractivity contribution in [1.82, 2.24) is 9.62 Å². The largest absolute Gasteiger partial charge is 0.494 e. The van der Waals surface area contributed by atoms with E-state index in [0.717, 1.165) is 5.56 Å². The molecule has 0 radical (unpaired) electrons. The summed E-state index contributed by atoms with van der Waals surface area (Å²) in [5.41, 5.74) is 1.70. The van der Waals surface area contributed by atoms with Gasteiger partial charge in [0.05, 0.1) is 11.5 Å². The molecule has 0 bridgehead atoms. The van der Waals surface area contributed by atoms with Crippen LogP contribution in [0.4, 0.5) is 0 Å². The van der Waals surface area contributed by atoms with Crippen molar-refractivity contribution >= 4 is 15.9 Å². The summed E-state index contributed by atoms with van der Waals surface area (Å²) in [7, 11) is -2.15. The number of aryl methyl sites for hydroxylation is 1.